The molecule has 23 heavy (non-hydrogen) atoms. The molecule has 120 valence electrons. The second kappa shape index (κ2) is 6.39. The number of fused-ring (bicyclic) bond motifs is 1. The van der Waals surface area contributed by atoms with Crippen LogP contribution in [0.3, 0.4) is 0 Å². The summed E-state index contributed by atoms with van der Waals surface area (Å²) in [6.45, 7) is 0. The molecular weight excluding hydrogens is 433 g/mol. The molecular formula is C14H7BrCl2F2N2OS. The van der Waals surface area contributed by atoms with E-state index in [4.69, 9.17) is 23.2 Å². The number of hydrogen-bond donors (Lipinski definition) is 2. The van der Waals surface area contributed by atoms with Crippen LogP contribution < -0.4 is 4.72 Å². The number of aromatic amines is 1. The van der Waals surface area contributed by atoms with E-state index in [0.29, 0.717) is 25.3 Å². The summed E-state index contributed by atoms with van der Waals surface area (Å²) in [6, 6.07) is 5.01. The van der Waals surface area contributed by atoms with Crippen molar-refractivity contribution >= 4 is 66.7 Å². The summed E-state index contributed by atoms with van der Waals surface area (Å²) in [4.78, 5) is 3.33. The Balaban J connectivity index is 1.99. The first-order valence-electron chi connectivity index (χ1n) is 6.16. The summed E-state index contributed by atoms with van der Waals surface area (Å²) >= 11 is 14.8. The third-order valence-electron chi connectivity index (χ3n) is 3.12. The van der Waals surface area contributed by atoms with Crippen LogP contribution >= 0.6 is 39.1 Å². The summed E-state index contributed by atoms with van der Waals surface area (Å²) in [5.74, 6) is -1.60. The number of halogens is 5. The lowest BCUT2D eigenvalue weighted by atomic mass is 10.2. The molecule has 0 aliphatic heterocycles. The fourth-order valence-electron chi connectivity index (χ4n) is 2.02. The summed E-state index contributed by atoms with van der Waals surface area (Å²) in [5, 5.41) is 0.793. The first-order chi connectivity index (χ1) is 10.9. The molecule has 2 N–H and O–H groups in total. The van der Waals surface area contributed by atoms with Crippen molar-refractivity contribution in [3.63, 3.8) is 0 Å². The quantitative estimate of drug-likeness (QED) is 0.509. The lowest BCUT2D eigenvalue weighted by molar-refractivity contribution is 0.604. The highest BCUT2D eigenvalue weighted by atomic mass is 79.9. The van der Waals surface area contributed by atoms with E-state index in [1.165, 1.54) is 6.20 Å². The van der Waals surface area contributed by atoms with Gasteiger partial charge in [0.1, 0.15) is 11.6 Å². The highest BCUT2D eigenvalue weighted by Gasteiger charge is 2.16. The molecule has 3 rings (SSSR count). The topological polar surface area (TPSA) is 44.9 Å². The fraction of sp³-hybridized carbons (Fsp3) is 0. The Bertz CT molecular complexity index is 948. The standard InChI is InChI=1S/C14H7BrCl2F2N2OS/c15-13-7(16)2-1-6-12(5-20-14(6)13)23(22)21-11-4-9(18)8(17)3-10(11)19/h1-5,20-21H. The van der Waals surface area contributed by atoms with Crippen LogP contribution in [0, 0.1) is 11.6 Å². The first kappa shape index (κ1) is 16.7. The van der Waals surface area contributed by atoms with Crippen LogP contribution in [0.2, 0.25) is 10.0 Å². The number of benzene rings is 2. The van der Waals surface area contributed by atoms with Gasteiger partial charge in [0.05, 0.1) is 30.6 Å². The minimum Gasteiger partial charge on any atom is -0.359 e. The number of nitrogens with one attached hydrogen (secondary N) is 2. The van der Waals surface area contributed by atoms with Gasteiger partial charge in [-0.3, -0.25) is 4.72 Å². The Morgan fingerprint density at radius 1 is 1.13 bits per heavy atom. The second-order valence-electron chi connectivity index (χ2n) is 4.55. The van der Waals surface area contributed by atoms with Crippen molar-refractivity contribution in [1.82, 2.24) is 4.98 Å². The zero-order valence-corrected chi connectivity index (χ0v) is 15.0. The molecule has 0 radical (unpaired) electrons. The van der Waals surface area contributed by atoms with Crippen molar-refractivity contribution in [3.8, 4) is 0 Å². The monoisotopic (exact) mass is 438 g/mol. The van der Waals surface area contributed by atoms with Crippen LogP contribution in [0.15, 0.2) is 39.8 Å². The molecule has 0 fully saturated rings. The van der Waals surface area contributed by atoms with Gasteiger partial charge in [-0.2, -0.15) is 0 Å². The van der Waals surface area contributed by atoms with Crippen LogP contribution in [-0.2, 0) is 11.0 Å². The van der Waals surface area contributed by atoms with Crippen LogP contribution in [0.1, 0.15) is 0 Å². The van der Waals surface area contributed by atoms with Gasteiger partial charge >= 0.3 is 0 Å². The smallest absolute Gasteiger partial charge is 0.152 e. The maximum atomic E-state index is 13.8. The Hall–Kier alpha value is -1.15. The van der Waals surface area contributed by atoms with Crippen LogP contribution in [0.4, 0.5) is 14.5 Å². The number of hydrogen-bond acceptors (Lipinski definition) is 1. The van der Waals surface area contributed by atoms with E-state index in [0.717, 1.165) is 12.1 Å². The third-order valence-corrected chi connectivity index (χ3v) is 5.92. The molecule has 1 heterocycles. The lowest BCUT2D eigenvalue weighted by Crippen LogP contribution is -2.06. The van der Waals surface area contributed by atoms with E-state index in [2.05, 4.69) is 25.6 Å². The van der Waals surface area contributed by atoms with Crippen molar-refractivity contribution in [2.45, 2.75) is 4.90 Å². The maximum Gasteiger partial charge on any atom is 0.152 e. The zero-order chi connectivity index (χ0) is 16.7. The Kier molecular flexibility index (Phi) is 4.64. The molecule has 1 unspecified atom stereocenters. The van der Waals surface area contributed by atoms with E-state index < -0.39 is 22.6 Å². The Morgan fingerprint density at radius 3 is 2.61 bits per heavy atom. The summed E-state index contributed by atoms with van der Waals surface area (Å²) < 4.78 is 42.7. The van der Waals surface area contributed by atoms with Crippen molar-refractivity contribution in [3.05, 3.63) is 56.6 Å². The lowest BCUT2D eigenvalue weighted by Gasteiger charge is -2.07. The van der Waals surface area contributed by atoms with E-state index >= 15 is 0 Å². The fourth-order valence-corrected chi connectivity index (χ4v) is 3.79. The molecule has 0 aliphatic carbocycles. The van der Waals surface area contributed by atoms with Gasteiger partial charge in [0.2, 0.25) is 0 Å². The minimum atomic E-state index is -1.81. The Morgan fingerprint density at radius 2 is 1.87 bits per heavy atom. The number of anilines is 1. The molecule has 1 atom stereocenters. The highest BCUT2D eigenvalue weighted by molar-refractivity contribution is 9.10. The van der Waals surface area contributed by atoms with Crippen molar-refractivity contribution in [2.24, 2.45) is 0 Å². The molecule has 0 spiro atoms. The van der Waals surface area contributed by atoms with Crippen molar-refractivity contribution in [2.75, 3.05) is 4.72 Å². The highest BCUT2D eigenvalue weighted by Crippen LogP contribution is 2.33. The van der Waals surface area contributed by atoms with Crippen molar-refractivity contribution < 1.29 is 13.0 Å². The van der Waals surface area contributed by atoms with Gasteiger partial charge in [0, 0.05) is 17.6 Å². The molecule has 0 bridgehead atoms. The number of H-pyrrole nitrogens is 1. The van der Waals surface area contributed by atoms with Gasteiger partial charge in [0.15, 0.2) is 11.0 Å². The molecule has 3 nitrogen and oxygen atoms in total. The molecule has 0 saturated heterocycles. The van der Waals surface area contributed by atoms with Crippen molar-refractivity contribution in [1.29, 1.82) is 0 Å². The predicted octanol–water partition coefficient (Wildman–Crippen LogP) is 5.65. The largest absolute Gasteiger partial charge is 0.359 e. The van der Waals surface area contributed by atoms with Gasteiger partial charge in [-0.05, 0) is 34.1 Å². The predicted molar refractivity (Wildman–Crippen MR) is 92.4 cm³/mol. The summed E-state index contributed by atoms with van der Waals surface area (Å²) in [7, 11) is -1.81. The molecule has 2 aromatic carbocycles. The second-order valence-corrected chi connectivity index (χ2v) is 7.34. The molecule has 0 amide bonds. The van der Waals surface area contributed by atoms with Crippen LogP contribution in [0.25, 0.3) is 10.9 Å². The summed E-state index contributed by atoms with van der Waals surface area (Å²) in [5.41, 5.74) is 0.415. The van der Waals surface area contributed by atoms with Gasteiger partial charge in [0.25, 0.3) is 0 Å². The summed E-state index contributed by atoms with van der Waals surface area (Å²) in [6.07, 6.45) is 1.51. The molecule has 3 aromatic rings. The van der Waals surface area contributed by atoms with Gasteiger partial charge < -0.3 is 4.98 Å². The van der Waals surface area contributed by atoms with Gasteiger partial charge in [-0.25, -0.2) is 13.0 Å². The van der Waals surface area contributed by atoms with Gasteiger partial charge in [-0.15, -0.1) is 0 Å². The third kappa shape index (κ3) is 3.10. The maximum absolute atomic E-state index is 13.8. The average molecular weight is 440 g/mol. The Labute approximate surface area is 150 Å². The molecule has 9 heteroatoms. The average Bonchev–Trinajstić information content (AvgIpc) is 2.93. The molecule has 1 aromatic heterocycles. The van der Waals surface area contributed by atoms with Crippen LogP contribution in [-0.4, -0.2) is 9.19 Å². The first-order valence-corrected chi connectivity index (χ1v) is 8.86. The van der Waals surface area contributed by atoms with Gasteiger partial charge in [-0.1, -0.05) is 23.2 Å². The SMILES string of the molecule is O=S(Nc1cc(F)c(Cl)cc1F)c1c[nH]c2c(Br)c(Cl)ccc12. The number of aromatic nitrogens is 1. The number of rotatable bonds is 3. The van der Waals surface area contributed by atoms with E-state index in [-0.39, 0.29) is 10.7 Å². The zero-order valence-electron chi connectivity index (χ0n) is 11.1. The van der Waals surface area contributed by atoms with E-state index in [9.17, 15) is 13.0 Å². The minimum absolute atomic E-state index is 0.243. The normalized spacial score (nSPS) is 12.6. The van der Waals surface area contributed by atoms with E-state index in [1.54, 1.807) is 12.1 Å². The molecule has 0 saturated carbocycles. The van der Waals surface area contributed by atoms with E-state index in [1.807, 2.05) is 0 Å². The molecule has 0 aliphatic rings. The van der Waals surface area contributed by atoms with Crippen LogP contribution in [0.5, 0.6) is 0 Å².